The number of thiophene rings is 1. The standard InChI is InChI=1S/C57H35N3S/c1-2-12-40-34-47(31-22-36(40)10-1)57-59-55(39-25-23-38(24-26-39)49-18-8-13-37-11-3-4-16-48(37)49)58-56(60-57)46-15-7-14-41(35-46)42-27-28-44-33-45(30-29-43(44)32-42)50-19-9-21-53-54(50)51-17-5-6-20-52(51)61-53/h1-35H. The van der Waals surface area contributed by atoms with Crippen LogP contribution in [-0.2, 0) is 0 Å². The van der Waals surface area contributed by atoms with E-state index in [4.69, 9.17) is 15.0 Å². The van der Waals surface area contributed by atoms with Gasteiger partial charge in [0.2, 0.25) is 0 Å². The Balaban J connectivity index is 0.925. The minimum Gasteiger partial charge on any atom is -0.208 e. The zero-order chi connectivity index (χ0) is 40.3. The second-order valence-electron chi connectivity index (χ2n) is 15.6. The quantitative estimate of drug-likeness (QED) is 0.168. The fourth-order valence-electron chi connectivity index (χ4n) is 8.81. The Bertz CT molecular complexity index is 3650. The largest absolute Gasteiger partial charge is 0.208 e. The number of aromatic nitrogens is 3. The van der Waals surface area contributed by atoms with Crippen LogP contribution in [0, 0.1) is 0 Å². The van der Waals surface area contributed by atoms with Crippen molar-refractivity contribution < 1.29 is 0 Å². The van der Waals surface area contributed by atoms with Gasteiger partial charge in [-0.3, -0.25) is 0 Å². The van der Waals surface area contributed by atoms with Crippen molar-refractivity contribution in [2.24, 2.45) is 0 Å². The van der Waals surface area contributed by atoms with Gasteiger partial charge in [-0.2, -0.15) is 0 Å². The lowest BCUT2D eigenvalue weighted by atomic mass is 9.95. The molecule has 12 aromatic rings. The molecule has 0 spiro atoms. The summed E-state index contributed by atoms with van der Waals surface area (Å²) in [7, 11) is 0. The molecule has 4 heteroatoms. The lowest BCUT2D eigenvalue weighted by Gasteiger charge is -2.12. The van der Waals surface area contributed by atoms with Crippen LogP contribution in [0.1, 0.15) is 0 Å². The highest BCUT2D eigenvalue weighted by Crippen LogP contribution is 2.41. The van der Waals surface area contributed by atoms with E-state index in [1.54, 1.807) is 0 Å². The third-order valence-electron chi connectivity index (χ3n) is 11.9. The monoisotopic (exact) mass is 793 g/mol. The van der Waals surface area contributed by atoms with Crippen molar-refractivity contribution in [2.75, 3.05) is 0 Å². The molecule has 0 aliphatic rings. The molecule has 61 heavy (non-hydrogen) atoms. The lowest BCUT2D eigenvalue weighted by molar-refractivity contribution is 1.07. The smallest absolute Gasteiger partial charge is 0.164 e. The summed E-state index contributed by atoms with van der Waals surface area (Å²) in [6.45, 7) is 0. The Kier molecular flexibility index (Phi) is 8.36. The average Bonchev–Trinajstić information content (AvgIpc) is 3.72. The number of fused-ring (bicyclic) bond motifs is 6. The Labute approximate surface area is 356 Å². The molecule has 0 atom stereocenters. The molecule has 10 aromatic carbocycles. The zero-order valence-electron chi connectivity index (χ0n) is 33.0. The highest BCUT2D eigenvalue weighted by molar-refractivity contribution is 7.25. The van der Waals surface area contributed by atoms with Crippen molar-refractivity contribution in [3.8, 4) is 67.5 Å². The van der Waals surface area contributed by atoms with E-state index in [-0.39, 0.29) is 0 Å². The van der Waals surface area contributed by atoms with E-state index in [0.29, 0.717) is 17.5 Å². The predicted molar refractivity (Wildman–Crippen MR) is 258 cm³/mol. The van der Waals surface area contributed by atoms with Crippen molar-refractivity contribution in [1.29, 1.82) is 0 Å². The van der Waals surface area contributed by atoms with E-state index in [9.17, 15) is 0 Å². The van der Waals surface area contributed by atoms with Gasteiger partial charge in [0, 0.05) is 36.9 Å². The molecular weight excluding hydrogens is 759 g/mol. The van der Waals surface area contributed by atoms with E-state index in [0.717, 1.165) is 38.8 Å². The van der Waals surface area contributed by atoms with Gasteiger partial charge in [-0.15, -0.1) is 11.3 Å². The van der Waals surface area contributed by atoms with E-state index >= 15 is 0 Å². The zero-order valence-corrected chi connectivity index (χ0v) is 33.8. The number of hydrogen-bond acceptors (Lipinski definition) is 4. The third kappa shape index (κ3) is 6.33. The van der Waals surface area contributed by atoms with Gasteiger partial charge in [-0.05, 0) is 102 Å². The summed E-state index contributed by atoms with van der Waals surface area (Å²) in [5.74, 6) is 1.91. The van der Waals surface area contributed by atoms with E-state index < -0.39 is 0 Å². The van der Waals surface area contributed by atoms with Gasteiger partial charge >= 0.3 is 0 Å². The summed E-state index contributed by atoms with van der Waals surface area (Å²) in [5.41, 5.74) is 9.91. The summed E-state index contributed by atoms with van der Waals surface area (Å²) < 4.78 is 2.64. The van der Waals surface area contributed by atoms with Gasteiger partial charge in [0.05, 0.1) is 0 Å². The SMILES string of the molecule is c1cc(-c2ccc3cc(-c4cccc5sc6ccccc6c45)ccc3c2)cc(-c2nc(-c3ccc(-c4cccc5ccccc45)cc3)nc(-c3ccc4ccccc4c3)n2)c1. The van der Waals surface area contributed by atoms with Crippen molar-refractivity contribution in [1.82, 2.24) is 15.0 Å². The first-order valence-electron chi connectivity index (χ1n) is 20.6. The highest BCUT2D eigenvalue weighted by Gasteiger charge is 2.16. The summed E-state index contributed by atoms with van der Waals surface area (Å²) in [6.07, 6.45) is 0. The molecule has 0 N–H and O–H groups in total. The van der Waals surface area contributed by atoms with Gasteiger partial charge in [0.25, 0.3) is 0 Å². The van der Waals surface area contributed by atoms with Gasteiger partial charge in [0.15, 0.2) is 17.5 Å². The number of benzene rings is 10. The molecule has 0 bridgehead atoms. The van der Waals surface area contributed by atoms with E-state index in [2.05, 4.69) is 212 Å². The molecule has 0 unspecified atom stereocenters. The summed E-state index contributed by atoms with van der Waals surface area (Å²) in [6, 6.07) is 75.9. The maximum Gasteiger partial charge on any atom is 0.164 e. The molecule has 2 heterocycles. The van der Waals surface area contributed by atoms with Crippen LogP contribution in [-0.4, -0.2) is 15.0 Å². The van der Waals surface area contributed by atoms with Gasteiger partial charge in [0.1, 0.15) is 0 Å². The van der Waals surface area contributed by atoms with Crippen LogP contribution in [0.5, 0.6) is 0 Å². The molecule has 0 saturated heterocycles. The first kappa shape index (κ1) is 35.2. The lowest BCUT2D eigenvalue weighted by Crippen LogP contribution is -2.00. The maximum atomic E-state index is 5.15. The average molecular weight is 794 g/mol. The molecule has 12 rings (SSSR count). The highest BCUT2D eigenvalue weighted by atomic mass is 32.1. The Morgan fingerprint density at radius 3 is 1.57 bits per heavy atom. The minimum atomic E-state index is 0.633. The number of rotatable bonds is 6. The van der Waals surface area contributed by atoms with Crippen LogP contribution >= 0.6 is 11.3 Å². The Morgan fingerprint density at radius 1 is 0.262 bits per heavy atom. The molecule has 2 aromatic heterocycles. The normalized spacial score (nSPS) is 11.6. The second-order valence-corrected chi connectivity index (χ2v) is 16.7. The molecule has 0 amide bonds. The van der Waals surface area contributed by atoms with Crippen molar-refractivity contribution in [3.63, 3.8) is 0 Å². The Morgan fingerprint density at radius 2 is 0.738 bits per heavy atom. The van der Waals surface area contributed by atoms with E-state index in [1.807, 2.05) is 11.3 Å². The van der Waals surface area contributed by atoms with Crippen LogP contribution in [0.25, 0.3) is 120 Å². The molecule has 0 saturated carbocycles. The van der Waals surface area contributed by atoms with Crippen molar-refractivity contribution in [2.45, 2.75) is 0 Å². The topological polar surface area (TPSA) is 38.7 Å². The van der Waals surface area contributed by atoms with Gasteiger partial charge < -0.3 is 0 Å². The van der Waals surface area contributed by atoms with Crippen LogP contribution in [0.2, 0.25) is 0 Å². The molecule has 284 valence electrons. The summed E-state index contributed by atoms with van der Waals surface area (Å²) in [4.78, 5) is 15.4. The molecular formula is C57H35N3S. The summed E-state index contributed by atoms with van der Waals surface area (Å²) >= 11 is 1.86. The van der Waals surface area contributed by atoms with Crippen molar-refractivity contribution in [3.05, 3.63) is 212 Å². The third-order valence-corrected chi connectivity index (χ3v) is 13.0. The number of hydrogen-bond donors (Lipinski definition) is 0. The molecule has 0 aliphatic heterocycles. The maximum absolute atomic E-state index is 5.15. The van der Waals surface area contributed by atoms with Crippen LogP contribution in [0.4, 0.5) is 0 Å². The van der Waals surface area contributed by atoms with Crippen LogP contribution in [0.15, 0.2) is 212 Å². The molecule has 0 fully saturated rings. The molecule has 3 nitrogen and oxygen atoms in total. The van der Waals surface area contributed by atoms with Crippen LogP contribution < -0.4 is 0 Å². The molecule has 0 radical (unpaired) electrons. The summed E-state index contributed by atoms with van der Waals surface area (Å²) in [5, 5.41) is 9.84. The first-order chi connectivity index (χ1) is 30.2. The van der Waals surface area contributed by atoms with Crippen molar-refractivity contribution >= 4 is 63.8 Å². The number of nitrogens with zero attached hydrogens (tertiary/aromatic N) is 3. The Hall–Kier alpha value is -7.79. The van der Waals surface area contributed by atoms with Crippen LogP contribution in [0.3, 0.4) is 0 Å². The first-order valence-corrected chi connectivity index (χ1v) is 21.4. The van der Waals surface area contributed by atoms with E-state index in [1.165, 1.54) is 63.8 Å². The predicted octanol–water partition coefficient (Wildman–Crippen LogP) is 15.7. The van der Waals surface area contributed by atoms with Gasteiger partial charge in [-0.25, -0.2) is 15.0 Å². The fourth-order valence-corrected chi connectivity index (χ4v) is 9.95. The fraction of sp³-hybridized carbons (Fsp3) is 0. The molecule has 0 aliphatic carbocycles. The second kappa shape index (κ2) is 14.5. The minimum absolute atomic E-state index is 0.633. The van der Waals surface area contributed by atoms with Gasteiger partial charge in [-0.1, -0.05) is 176 Å².